The Labute approximate surface area is 166 Å². The number of carbonyl (C=O) groups excluding carboxylic acids is 1. The monoisotopic (exact) mass is 384 g/mol. The quantitative estimate of drug-likeness (QED) is 0.809. The van der Waals surface area contributed by atoms with Crippen molar-refractivity contribution in [1.29, 1.82) is 0 Å². The lowest BCUT2D eigenvalue weighted by atomic mass is 9.99. The van der Waals surface area contributed by atoms with Crippen LogP contribution >= 0.6 is 0 Å². The molecular formula is C22H28N2O4. The van der Waals surface area contributed by atoms with Crippen LogP contribution in [0.1, 0.15) is 30.1 Å². The molecule has 0 aromatic heterocycles. The predicted molar refractivity (Wildman–Crippen MR) is 111 cm³/mol. The van der Waals surface area contributed by atoms with Gasteiger partial charge < -0.3 is 24.4 Å². The number of hydrogen-bond donors (Lipinski definition) is 1. The van der Waals surface area contributed by atoms with Gasteiger partial charge in [0.05, 0.1) is 21.3 Å². The molecule has 6 heteroatoms. The number of benzene rings is 2. The van der Waals surface area contributed by atoms with Crippen molar-refractivity contribution in [3.8, 4) is 17.2 Å². The first kappa shape index (κ1) is 19.9. The van der Waals surface area contributed by atoms with E-state index in [9.17, 15) is 4.79 Å². The summed E-state index contributed by atoms with van der Waals surface area (Å²) in [6.07, 6.45) is 2.44. The Balaban J connectivity index is 1.72. The number of rotatable bonds is 6. The highest BCUT2D eigenvalue weighted by atomic mass is 16.5. The van der Waals surface area contributed by atoms with Gasteiger partial charge in [0.2, 0.25) is 5.75 Å². The summed E-state index contributed by atoms with van der Waals surface area (Å²) in [5.41, 5.74) is 2.37. The minimum Gasteiger partial charge on any atom is -0.493 e. The van der Waals surface area contributed by atoms with Gasteiger partial charge in [0, 0.05) is 30.0 Å². The lowest BCUT2D eigenvalue weighted by Crippen LogP contribution is -2.32. The molecule has 28 heavy (non-hydrogen) atoms. The summed E-state index contributed by atoms with van der Waals surface area (Å²) in [6.45, 7) is 4.47. The summed E-state index contributed by atoms with van der Waals surface area (Å²) in [5.74, 6) is 1.91. The average Bonchev–Trinajstić information content (AvgIpc) is 2.73. The van der Waals surface area contributed by atoms with Crippen LogP contribution in [-0.2, 0) is 0 Å². The molecule has 0 spiro atoms. The Morgan fingerprint density at radius 3 is 2.04 bits per heavy atom. The van der Waals surface area contributed by atoms with Gasteiger partial charge in [-0.05, 0) is 55.2 Å². The van der Waals surface area contributed by atoms with E-state index in [-0.39, 0.29) is 5.91 Å². The average molecular weight is 384 g/mol. The molecule has 2 aromatic rings. The number of amides is 1. The topological polar surface area (TPSA) is 60.0 Å². The van der Waals surface area contributed by atoms with Crippen molar-refractivity contribution in [2.45, 2.75) is 19.8 Å². The molecule has 1 aliphatic rings. The molecular weight excluding hydrogens is 356 g/mol. The molecule has 0 saturated carbocycles. The maximum absolute atomic E-state index is 12.7. The van der Waals surface area contributed by atoms with Gasteiger partial charge in [0.1, 0.15) is 0 Å². The molecule has 0 atom stereocenters. The van der Waals surface area contributed by atoms with Gasteiger partial charge >= 0.3 is 0 Å². The summed E-state index contributed by atoms with van der Waals surface area (Å²) < 4.78 is 15.9. The van der Waals surface area contributed by atoms with Crippen LogP contribution in [0.4, 0.5) is 11.4 Å². The summed E-state index contributed by atoms with van der Waals surface area (Å²) in [6, 6.07) is 11.3. The first-order chi connectivity index (χ1) is 13.5. The van der Waals surface area contributed by atoms with Crippen molar-refractivity contribution >= 4 is 17.3 Å². The van der Waals surface area contributed by atoms with E-state index in [4.69, 9.17) is 14.2 Å². The number of ether oxygens (including phenoxy) is 3. The van der Waals surface area contributed by atoms with E-state index < -0.39 is 0 Å². The third kappa shape index (κ3) is 4.32. The first-order valence-corrected chi connectivity index (χ1v) is 9.52. The number of nitrogens with one attached hydrogen (secondary N) is 1. The third-order valence-electron chi connectivity index (χ3n) is 5.20. The molecule has 3 rings (SSSR count). The fraction of sp³-hybridized carbons (Fsp3) is 0.409. The molecule has 2 aromatic carbocycles. The second-order valence-electron chi connectivity index (χ2n) is 7.08. The van der Waals surface area contributed by atoms with E-state index in [1.165, 1.54) is 39.9 Å². The Hall–Kier alpha value is -2.89. The molecule has 1 heterocycles. The van der Waals surface area contributed by atoms with Crippen molar-refractivity contribution in [3.63, 3.8) is 0 Å². The molecule has 1 aliphatic heterocycles. The standard InChI is InChI=1S/C22H28N2O4/c1-15-9-11-24(12-10-15)18-7-5-17(6-8-18)23-22(25)16-13-19(26-2)21(28-4)20(14-16)27-3/h5-8,13-15H,9-12H2,1-4H3,(H,23,25). The molecule has 0 aliphatic carbocycles. The minimum atomic E-state index is -0.237. The van der Waals surface area contributed by atoms with E-state index >= 15 is 0 Å². The highest BCUT2D eigenvalue weighted by molar-refractivity contribution is 6.05. The minimum absolute atomic E-state index is 0.237. The Morgan fingerprint density at radius 1 is 0.964 bits per heavy atom. The van der Waals surface area contributed by atoms with Gasteiger partial charge in [0.15, 0.2) is 11.5 Å². The van der Waals surface area contributed by atoms with E-state index in [1.807, 2.05) is 12.1 Å². The SMILES string of the molecule is COc1cc(C(=O)Nc2ccc(N3CCC(C)CC3)cc2)cc(OC)c1OC. The van der Waals surface area contributed by atoms with Crippen LogP contribution in [0.5, 0.6) is 17.2 Å². The number of piperidine rings is 1. The zero-order valence-corrected chi connectivity index (χ0v) is 17.0. The van der Waals surface area contributed by atoms with Crippen LogP contribution in [-0.4, -0.2) is 40.3 Å². The number of carbonyl (C=O) groups is 1. The van der Waals surface area contributed by atoms with Crippen molar-refractivity contribution in [2.24, 2.45) is 5.92 Å². The molecule has 1 amide bonds. The van der Waals surface area contributed by atoms with Gasteiger partial charge in [-0.15, -0.1) is 0 Å². The molecule has 150 valence electrons. The molecule has 0 bridgehead atoms. The summed E-state index contributed by atoms with van der Waals surface area (Å²) >= 11 is 0. The second kappa shape index (κ2) is 8.87. The van der Waals surface area contributed by atoms with Crippen LogP contribution in [0.15, 0.2) is 36.4 Å². The molecule has 0 unspecified atom stereocenters. The van der Waals surface area contributed by atoms with Crippen LogP contribution in [0.2, 0.25) is 0 Å². The van der Waals surface area contributed by atoms with Gasteiger partial charge in [-0.25, -0.2) is 0 Å². The number of anilines is 2. The largest absolute Gasteiger partial charge is 0.493 e. The fourth-order valence-corrected chi connectivity index (χ4v) is 3.44. The van der Waals surface area contributed by atoms with Crippen LogP contribution in [0.25, 0.3) is 0 Å². The third-order valence-corrected chi connectivity index (χ3v) is 5.20. The number of hydrogen-bond acceptors (Lipinski definition) is 5. The molecule has 1 fully saturated rings. The maximum Gasteiger partial charge on any atom is 0.255 e. The molecule has 1 N–H and O–H groups in total. The van der Waals surface area contributed by atoms with Gasteiger partial charge in [-0.3, -0.25) is 4.79 Å². The van der Waals surface area contributed by atoms with E-state index in [0.29, 0.717) is 22.8 Å². The second-order valence-corrected chi connectivity index (χ2v) is 7.08. The van der Waals surface area contributed by atoms with Gasteiger partial charge in [-0.1, -0.05) is 6.92 Å². The normalized spacial score (nSPS) is 14.5. The van der Waals surface area contributed by atoms with E-state index in [0.717, 1.165) is 24.7 Å². The van der Waals surface area contributed by atoms with Crippen LogP contribution in [0, 0.1) is 5.92 Å². The summed E-state index contributed by atoms with van der Waals surface area (Å²) in [5, 5.41) is 2.93. The lowest BCUT2D eigenvalue weighted by Gasteiger charge is -2.32. The first-order valence-electron chi connectivity index (χ1n) is 9.52. The number of nitrogens with zero attached hydrogens (tertiary/aromatic N) is 1. The summed E-state index contributed by atoms with van der Waals surface area (Å²) in [4.78, 5) is 15.1. The van der Waals surface area contributed by atoms with Crippen LogP contribution in [0.3, 0.4) is 0 Å². The predicted octanol–water partition coefficient (Wildman–Crippen LogP) is 4.20. The lowest BCUT2D eigenvalue weighted by molar-refractivity contribution is 0.102. The maximum atomic E-state index is 12.7. The van der Waals surface area contributed by atoms with Gasteiger partial charge in [-0.2, -0.15) is 0 Å². The van der Waals surface area contributed by atoms with E-state index in [1.54, 1.807) is 12.1 Å². The molecule has 1 saturated heterocycles. The zero-order valence-electron chi connectivity index (χ0n) is 17.0. The van der Waals surface area contributed by atoms with Crippen LogP contribution < -0.4 is 24.4 Å². The number of methoxy groups -OCH3 is 3. The Morgan fingerprint density at radius 2 is 1.54 bits per heavy atom. The highest BCUT2D eigenvalue weighted by Crippen LogP contribution is 2.38. The zero-order chi connectivity index (χ0) is 20.1. The van der Waals surface area contributed by atoms with Crippen molar-refractivity contribution in [2.75, 3.05) is 44.6 Å². The highest BCUT2D eigenvalue weighted by Gasteiger charge is 2.18. The smallest absolute Gasteiger partial charge is 0.255 e. The van der Waals surface area contributed by atoms with E-state index in [2.05, 4.69) is 29.3 Å². The Kier molecular flexibility index (Phi) is 6.29. The molecule has 6 nitrogen and oxygen atoms in total. The molecule has 0 radical (unpaired) electrons. The summed E-state index contributed by atoms with van der Waals surface area (Å²) in [7, 11) is 4.59. The fourth-order valence-electron chi connectivity index (χ4n) is 3.44. The van der Waals surface area contributed by atoms with Crippen molar-refractivity contribution < 1.29 is 19.0 Å². The van der Waals surface area contributed by atoms with Crippen molar-refractivity contribution in [3.05, 3.63) is 42.0 Å². The van der Waals surface area contributed by atoms with Crippen molar-refractivity contribution in [1.82, 2.24) is 0 Å². The van der Waals surface area contributed by atoms with Gasteiger partial charge in [0.25, 0.3) is 5.91 Å². The Bertz CT molecular complexity index is 787.